The van der Waals surface area contributed by atoms with E-state index in [-0.39, 0.29) is 12.4 Å². The zero-order valence-corrected chi connectivity index (χ0v) is 16.1. The highest BCUT2D eigenvalue weighted by atomic mass is 32.2. The molecule has 10 heteroatoms. The van der Waals surface area contributed by atoms with Gasteiger partial charge in [0.25, 0.3) is 0 Å². The minimum atomic E-state index is -3.25. The van der Waals surface area contributed by atoms with Gasteiger partial charge in [0, 0.05) is 6.54 Å². The molecule has 148 valence electrons. The lowest BCUT2D eigenvalue weighted by molar-refractivity contribution is -0.259. The second kappa shape index (κ2) is 5.38. The van der Waals surface area contributed by atoms with Gasteiger partial charge in [-0.2, -0.15) is 5.06 Å². The Morgan fingerprint density at radius 3 is 2.23 bits per heavy atom. The van der Waals surface area contributed by atoms with Crippen LogP contribution in [0.15, 0.2) is 0 Å². The van der Waals surface area contributed by atoms with E-state index in [1.54, 1.807) is 5.06 Å². The highest BCUT2D eigenvalue weighted by molar-refractivity contribution is 7.92. The van der Waals surface area contributed by atoms with Crippen LogP contribution in [-0.2, 0) is 38.4 Å². The summed E-state index contributed by atoms with van der Waals surface area (Å²) < 4.78 is 55.5. The normalized spacial score (nSPS) is 53.2. The summed E-state index contributed by atoms with van der Waals surface area (Å²) >= 11 is 0. The summed E-state index contributed by atoms with van der Waals surface area (Å²) in [5.74, 6) is -1.53. The van der Waals surface area contributed by atoms with Crippen molar-refractivity contribution in [3.63, 3.8) is 0 Å². The number of hydrogen-bond donors (Lipinski definition) is 0. The number of fused-ring (bicyclic) bond motifs is 5. The summed E-state index contributed by atoms with van der Waals surface area (Å²) in [4.78, 5) is 5.64. The van der Waals surface area contributed by atoms with Gasteiger partial charge in [0.1, 0.15) is 29.7 Å². The number of ether oxygens (including phenoxy) is 5. The summed E-state index contributed by atoms with van der Waals surface area (Å²) in [5.41, 5.74) is 0. The molecule has 5 rings (SSSR count). The van der Waals surface area contributed by atoms with Crippen LogP contribution in [-0.4, -0.2) is 86.0 Å². The summed E-state index contributed by atoms with van der Waals surface area (Å²) in [6, 6.07) is -0.452. The second-order valence-electron chi connectivity index (χ2n) is 8.47. The molecule has 5 aliphatic heterocycles. The van der Waals surface area contributed by atoms with Gasteiger partial charge in [-0.1, -0.05) is 0 Å². The van der Waals surface area contributed by atoms with Crippen LogP contribution in [0.25, 0.3) is 0 Å². The third kappa shape index (κ3) is 2.58. The first-order chi connectivity index (χ1) is 12.1. The van der Waals surface area contributed by atoms with Gasteiger partial charge in [0.15, 0.2) is 27.7 Å². The van der Waals surface area contributed by atoms with Crippen molar-refractivity contribution >= 4 is 9.84 Å². The van der Waals surface area contributed by atoms with E-state index in [4.69, 9.17) is 28.5 Å². The van der Waals surface area contributed by atoms with Crippen molar-refractivity contribution in [1.29, 1.82) is 0 Å². The van der Waals surface area contributed by atoms with Crippen molar-refractivity contribution in [2.75, 3.05) is 18.9 Å². The molecule has 0 aromatic heterocycles. The maximum atomic E-state index is 12.6. The molecule has 0 radical (unpaired) electrons. The number of rotatable bonds is 1. The van der Waals surface area contributed by atoms with E-state index >= 15 is 0 Å². The molecule has 5 heterocycles. The van der Waals surface area contributed by atoms with E-state index in [2.05, 4.69) is 0 Å². The molecular weight excluding hydrogens is 366 g/mol. The molecule has 5 fully saturated rings. The van der Waals surface area contributed by atoms with Gasteiger partial charge in [-0.15, -0.1) is 0 Å². The topological polar surface area (TPSA) is 92.8 Å². The number of hydrogen-bond acceptors (Lipinski definition) is 9. The summed E-state index contributed by atoms with van der Waals surface area (Å²) in [5, 5.41) is 1.09. The molecule has 0 aromatic rings. The lowest BCUT2D eigenvalue weighted by Crippen LogP contribution is -2.64. The predicted molar refractivity (Wildman–Crippen MR) is 86.5 cm³/mol. The van der Waals surface area contributed by atoms with Crippen LogP contribution < -0.4 is 0 Å². The van der Waals surface area contributed by atoms with Gasteiger partial charge in [-0.25, -0.2) is 8.42 Å². The van der Waals surface area contributed by atoms with E-state index in [1.165, 1.54) is 0 Å². The van der Waals surface area contributed by atoms with Crippen LogP contribution in [0.2, 0.25) is 0 Å². The quantitative estimate of drug-likeness (QED) is 0.602. The fourth-order valence-corrected chi connectivity index (χ4v) is 6.45. The maximum Gasteiger partial charge on any atom is 0.190 e. The van der Waals surface area contributed by atoms with E-state index < -0.39 is 63.4 Å². The van der Waals surface area contributed by atoms with Gasteiger partial charge in [0.05, 0.1) is 18.4 Å². The first-order valence-corrected chi connectivity index (χ1v) is 10.8. The zero-order valence-electron chi connectivity index (χ0n) is 15.3. The highest BCUT2D eigenvalue weighted by Gasteiger charge is 2.65. The molecule has 2 bridgehead atoms. The van der Waals surface area contributed by atoms with Crippen LogP contribution in [0.4, 0.5) is 0 Å². The maximum absolute atomic E-state index is 12.6. The molecule has 0 aliphatic carbocycles. The average Bonchev–Trinajstić information content (AvgIpc) is 3.12. The van der Waals surface area contributed by atoms with Crippen LogP contribution in [0.1, 0.15) is 27.7 Å². The lowest BCUT2D eigenvalue weighted by atomic mass is 9.92. The lowest BCUT2D eigenvalue weighted by Gasteiger charge is -2.43. The van der Waals surface area contributed by atoms with Crippen LogP contribution in [0.3, 0.4) is 0 Å². The molecule has 5 saturated heterocycles. The summed E-state index contributed by atoms with van der Waals surface area (Å²) in [6.45, 7) is 7.78. The third-order valence-electron chi connectivity index (χ3n) is 5.70. The van der Waals surface area contributed by atoms with Crippen molar-refractivity contribution in [2.24, 2.45) is 0 Å². The Labute approximate surface area is 152 Å². The molecule has 0 amide bonds. The largest absolute Gasteiger partial charge is 0.342 e. The van der Waals surface area contributed by atoms with Gasteiger partial charge < -0.3 is 23.7 Å². The van der Waals surface area contributed by atoms with Crippen molar-refractivity contribution in [2.45, 2.75) is 81.3 Å². The number of hydroxylamine groups is 2. The van der Waals surface area contributed by atoms with Gasteiger partial charge in [0.2, 0.25) is 0 Å². The van der Waals surface area contributed by atoms with Crippen molar-refractivity contribution < 1.29 is 36.9 Å². The zero-order chi connectivity index (χ0) is 18.5. The van der Waals surface area contributed by atoms with E-state index in [0.29, 0.717) is 6.54 Å². The Hall–Kier alpha value is -0.330. The Morgan fingerprint density at radius 1 is 0.885 bits per heavy atom. The minimum Gasteiger partial charge on any atom is -0.342 e. The first-order valence-electron chi connectivity index (χ1n) is 9.04. The highest BCUT2D eigenvalue weighted by Crippen LogP contribution is 2.47. The minimum absolute atomic E-state index is 0.0938. The molecular formula is C16H25NO8S. The Morgan fingerprint density at radius 2 is 1.50 bits per heavy atom. The summed E-state index contributed by atoms with van der Waals surface area (Å²) in [7, 11) is -3.25. The fraction of sp³-hybridized carbons (Fsp3) is 1.00. The SMILES string of the molecule is CC1(C)O[C@@H]2[C@H](O1)[C@H]1OC(C)(C)O[C@H]1O[C@@H]2[C@H]1[C@H]2CON1CCS2(=O)=O. The Kier molecular flexibility index (Phi) is 3.67. The average molecular weight is 391 g/mol. The molecule has 0 saturated carbocycles. The fourth-order valence-electron chi connectivity index (χ4n) is 4.73. The van der Waals surface area contributed by atoms with E-state index in [9.17, 15) is 8.42 Å². The predicted octanol–water partition coefficient (Wildman–Crippen LogP) is -0.204. The Bertz CT molecular complexity index is 709. The molecule has 9 nitrogen and oxygen atoms in total. The molecule has 0 N–H and O–H groups in total. The summed E-state index contributed by atoms with van der Waals surface area (Å²) in [6.07, 6.45) is -2.49. The molecule has 0 spiro atoms. The third-order valence-corrected chi connectivity index (χ3v) is 7.79. The molecule has 5 aliphatic rings. The standard InChI is InChI=1S/C16H25NO8S/c1-15(2)22-11-10(9-8-7-20-17(9)5-6-26(8,18)19)21-14-13(12(11)23-15)24-16(3,4)25-14/h8-14H,5-7H2,1-4H3/t8-,9-,10-,11+,12+,13-,14-/m1/s1. The van der Waals surface area contributed by atoms with Gasteiger partial charge in [-0.3, -0.25) is 4.84 Å². The van der Waals surface area contributed by atoms with Crippen molar-refractivity contribution in [3.05, 3.63) is 0 Å². The first kappa shape index (κ1) is 17.7. The number of nitrogens with zero attached hydrogens (tertiary/aromatic N) is 1. The smallest absolute Gasteiger partial charge is 0.190 e. The monoisotopic (exact) mass is 391 g/mol. The number of sulfone groups is 1. The van der Waals surface area contributed by atoms with Gasteiger partial charge >= 0.3 is 0 Å². The van der Waals surface area contributed by atoms with Crippen LogP contribution >= 0.6 is 0 Å². The van der Waals surface area contributed by atoms with Crippen molar-refractivity contribution in [3.8, 4) is 0 Å². The molecule has 26 heavy (non-hydrogen) atoms. The Balaban J connectivity index is 1.51. The van der Waals surface area contributed by atoms with E-state index in [0.717, 1.165) is 0 Å². The van der Waals surface area contributed by atoms with Crippen LogP contribution in [0.5, 0.6) is 0 Å². The van der Waals surface area contributed by atoms with Gasteiger partial charge in [-0.05, 0) is 27.7 Å². The second-order valence-corrected chi connectivity index (χ2v) is 10.8. The molecule has 1 unspecified atom stereocenters. The van der Waals surface area contributed by atoms with Crippen LogP contribution in [0, 0.1) is 0 Å². The molecule has 0 aromatic carbocycles. The van der Waals surface area contributed by atoms with Crippen molar-refractivity contribution in [1.82, 2.24) is 5.06 Å². The van der Waals surface area contributed by atoms with E-state index in [1.807, 2.05) is 27.7 Å². The molecule has 8 atom stereocenters.